The maximum Gasteiger partial charge on any atom is 0.250 e. The van der Waals surface area contributed by atoms with Crippen LogP contribution < -0.4 is 4.90 Å². The lowest BCUT2D eigenvalue weighted by atomic mass is 10.2. The van der Waals surface area contributed by atoms with Crippen LogP contribution in [0.15, 0.2) is 33.7 Å². The van der Waals surface area contributed by atoms with Crippen LogP contribution in [-0.2, 0) is 14.6 Å². The van der Waals surface area contributed by atoms with Crippen molar-refractivity contribution in [2.24, 2.45) is 10.9 Å². The van der Waals surface area contributed by atoms with Gasteiger partial charge in [0.25, 0.3) is 5.91 Å². The number of amidine groups is 1. The number of carbonyl (C=O) groups excluding carboxylic acids is 1. The van der Waals surface area contributed by atoms with Crippen molar-refractivity contribution < 1.29 is 13.2 Å². The fourth-order valence-corrected chi connectivity index (χ4v) is 6.88. The predicted molar refractivity (Wildman–Crippen MR) is 97.7 cm³/mol. The molecule has 2 aliphatic rings. The quantitative estimate of drug-likeness (QED) is 0.741. The molecule has 2 fully saturated rings. The van der Waals surface area contributed by atoms with Crippen LogP contribution in [0, 0.1) is 5.92 Å². The third kappa shape index (κ3) is 3.49. The van der Waals surface area contributed by atoms with Crippen molar-refractivity contribution in [3.63, 3.8) is 0 Å². The molecule has 124 valence electrons. The first-order valence-electron chi connectivity index (χ1n) is 7.31. The number of amides is 1. The van der Waals surface area contributed by atoms with E-state index < -0.39 is 9.84 Å². The van der Waals surface area contributed by atoms with Crippen molar-refractivity contribution in [1.29, 1.82) is 0 Å². The van der Waals surface area contributed by atoms with Crippen molar-refractivity contribution in [2.75, 3.05) is 16.4 Å². The van der Waals surface area contributed by atoms with Gasteiger partial charge in [0.2, 0.25) is 0 Å². The summed E-state index contributed by atoms with van der Waals surface area (Å²) in [6.07, 6.45) is 0. The molecule has 2 heterocycles. The number of anilines is 1. The zero-order valence-corrected chi connectivity index (χ0v) is 16.0. The van der Waals surface area contributed by atoms with Gasteiger partial charge >= 0.3 is 0 Å². The van der Waals surface area contributed by atoms with Gasteiger partial charge in [-0.15, -0.1) is 0 Å². The number of thioether (sulfide) groups is 1. The number of benzene rings is 1. The Morgan fingerprint density at radius 2 is 1.96 bits per heavy atom. The molecule has 0 unspecified atom stereocenters. The van der Waals surface area contributed by atoms with Crippen molar-refractivity contribution in [3.8, 4) is 0 Å². The summed E-state index contributed by atoms with van der Waals surface area (Å²) < 4.78 is 24.9. The van der Waals surface area contributed by atoms with Crippen molar-refractivity contribution in [3.05, 3.63) is 28.7 Å². The van der Waals surface area contributed by atoms with E-state index in [-0.39, 0.29) is 34.6 Å². The Morgan fingerprint density at radius 3 is 2.57 bits per heavy atom. The molecule has 0 aliphatic carbocycles. The molecule has 2 atom stereocenters. The Morgan fingerprint density at radius 1 is 1.30 bits per heavy atom. The predicted octanol–water partition coefficient (Wildman–Crippen LogP) is 2.71. The SMILES string of the molecule is CC(C)C(=O)N=C1S[C@H]2CS(=O)(=O)C[C@@H]2N1c1ccc(Br)cc1. The molecule has 8 heteroatoms. The first-order chi connectivity index (χ1) is 10.8. The normalized spacial score (nSPS) is 27.7. The smallest absolute Gasteiger partial charge is 0.250 e. The third-order valence-electron chi connectivity index (χ3n) is 3.87. The van der Waals surface area contributed by atoms with Crippen LogP contribution in [0.25, 0.3) is 0 Å². The lowest BCUT2D eigenvalue weighted by Crippen LogP contribution is -2.37. The molecule has 2 saturated heterocycles. The van der Waals surface area contributed by atoms with Crippen molar-refractivity contribution >= 4 is 54.3 Å². The highest BCUT2D eigenvalue weighted by atomic mass is 79.9. The minimum Gasteiger partial charge on any atom is -0.316 e. The van der Waals surface area contributed by atoms with Gasteiger partial charge in [-0.3, -0.25) is 4.79 Å². The van der Waals surface area contributed by atoms with Crippen LogP contribution in [0.5, 0.6) is 0 Å². The zero-order chi connectivity index (χ0) is 16.8. The number of rotatable bonds is 2. The van der Waals surface area contributed by atoms with Crippen LogP contribution in [-0.4, -0.2) is 42.3 Å². The van der Waals surface area contributed by atoms with Gasteiger partial charge < -0.3 is 4.90 Å². The van der Waals surface area contributed by atoms with Crippen molar-refractivity contribution in [1.82, 2.24) is 0 Å². The minimum absolute atomic E-state index is 0.0673. The summed E-state index contributed by atoms with van der Waals surface area (Å²) in [6, 6.07) is 7.46. The molecular formula is C15H17BrN2O3S2. The highest BCUT2D eigenvalue weighted by Gasteiger charge is 2.49. The second kappa shape index (κ2) is 6.22. The number of nitrogens with zero attached hydrogens (tertiary/aromatic N) is 2. The summed E-state index contributed by atoms with van der Waals surface area (Å²) >= 11 is 4.80. The summed E-state index contributed by atoms with van der Waals surface area (Å²) in [5.41, 5.74) is 0.862. The summed E-state index contributed by atoms with van der Waals surface area (Å²) in [4.78, 5) is 18.2. The minimum atomic E-state index is -3.03. The van der Waals surface area contributed by atoms with E-state index in [1.807, 2.05) is 29.2 Å². The number of aliphatic imine (C=N–C) groups is 1. The second-order valence-electron chi connectivity index (χ2n) is 6.03. The van der Waals surface area contributed by atoms with Crippen LogP contribution in [0.4, 0.5) is 5.69 Å². The fourth-order valence-electron chi connectivity index (χ4n) is 2.69. The summed E-state index contributed by atoms with van der Waals surface area (Å²) in [7, 11) is -3.03. The third-order valence-corrected chi connectivity index (χ3v) is 7.61. The Kier molecular flexibility index (Phi) is 4.59. The Labute approximate surface area is 148 Å². The molecule has 1 aromatic rings. The average molecular weight is 417 g/mol. The standard InChI is InChI=1S/C15H17BrN2O3S2/c1-9(2)14(19)17-15-18(11-5-3-10(16)4-6-11)12-7-23(20,21)8-13(12)22-15/h3-6,9,12-13H,7-8H2,1-2H3/t12-,13-/m0/s1. The van der Waals surface area contributed by atoms with Crippen LogP contribution >= 0.6 is 27.7 Å². The maximum atomic E-state index is 12.0. The van der Waals surface area contributed by atoms with Gasteiger partial charge in [0.05, 0.1) is 17.5 Å². The van der Waals surface area contributed by atoms with E-state index >= 15 is 0 Å². The van der Waals surface area contributed by atoms with Gasteiger partial charge in [-0.1, -0.05) is 41.5 Å². The van der Waals surface area contributed by atoms with Gasteiger partial charge in [0, 0.05) is 21.3 Å². The molecule has 1 aromatic carbocycles. The highest BCUT2D eigenvalue weighted by Crippen LogP contribution is 2.41. The largest absolute Gasteiger partial charge is 0.316 e. The first-order valence-corrected chi connectivity index (χ1v) is 10.8. The lowest BCUT2D eigenvalue weighted by Gasteiger charge is -2.24. The maximum absolute atomic E-state index is 12.0. The Balaban J connectivity index is 2.00. The summed E-state index contributed by atoms with van der Waals surface area (Å²) in [5.74, 6) is -0.114. The zero-order valence-electron chi connectivity index (χ0n) is 12.8. The molecule has 2 aliphatic heterocycles. The molecular weight excluding hydrogens is 400 g/mol. The van der Waals surface area contributed by atoms with Gasteiger partial charge in [0.15, 0.2) is 15.0 Å². The monoisotopic (exact) mass is 416 g/mol. The summed E-state index contributed by atoms with van der Waals surface area (Å²) in [5, 5.41) is 0.540. The van der Waals surface area contributed by atoms with Gasteiger partial charge in [-0.25, -0.2) is 8.42 Å². The van der Waals surface area contributed by atoms with E-state index in [1.54, 1.807) is 13.8 Å². The highest BCUT2D eigenvalue weighted by molar-refractivity contribution is 9.10. The summed E-state index contributed by atoms with van der Waals surface area (Å²) in [6.45, 7) is 3.61. The number of halogens is 1. The van der Waals surface area contributed by atoms with Crippen LogP contribution in [0.2, 0.25) is 0 Å². The Hall–Kier alpha value is -0.860. The second-order valence-corrected chi connectivity index (χ2v) is 10.3. The number of hydrogen-bond acceptors (Lipinski definition) is 4. The number of hydrogen-bond donors (Lipinski definition) is 0. The number of fused-ring (bicyclic) bond motifs is 1. The molecule has 0 N–H and O–H groups in total. The van der Waals surface area contributed by atoms with E-state index in [4.69, 9.17) is 0 Å². The topological polar surface area (TPSA) is 66.8 Å². The number of carbonyl (C=O) groups is 1. The van der Waals surface area contributed by atoms with E-state index in [0.29, 0.717) is 5.17 Å². The molecule has 0 saturated carbocycles. The molecule has 1 amide bonds. The lowest BCUT2D eigenvalue weighted by molar-refractivity contribution is -0.120. The molecule has 0 aromatic heterocycles. The van der Waals surface area contributed by atoms with E-state index in [1.165, 1.54) is 11.8 Å². The first kappa shape index (κ1) is 17.0. The molecule has 23 heavy (non-hydrogen) atoms. The van der Waals surface area contributed by atoms with E-state index in [2.05, 4.69) is 20.9 Å². The van der Waals surface area contributed by atoms with Gasteiger partial charge in [-0.2, -0.15) is 4.99 Å². The number of sulfone groups is 1. The van der Waals surface area contributed by atoms with E-state index in [9.17, 15) is 13.2 Å². The van der Waals surface area contributed by atoms with Gasteiger partial charge in [-0.05, 0) is 24.3 Å². The van der Waals surface area contributed by atoms with Gasteiger partial charge in [0.1, 0.15) is 0 Å². The van der Waals surface area contributed by atoms with Crippen LogP contribution in [0.3, 0.4) is 0 Å². The molecule has 0 spiro atoms. The molecule has 0 bridgehead atoms. The van der Waals surface area contributed by atoms with E-state index in [0.717, 1.165) is 10.2 Å². The molecule has 0 radical (unpaired) electrons. The average Bonchev–Trinajstić information content (AvgIpc) is 2.91. The Bertz CT molecular complexity index is 759. The van der Waals surface area contributed by atoms with Crippen LogP contribution in [0.1, 0.15) is 13.8 Å². The molecule has 5 nitrogen and oxygen atoms in total. The fraction of sp³-hybridized carbons (Fsp3) is 0.467. The van der Waals surface area contributed by atoms with Crippen molar-refractivity contribution in [2.45, 2.75) is 25.1 Å². The molecule has 3 rings (SSSR count).